The first-order valence-corrected chi connectivity index (χ1v) is 7.77. The average molecular weight is 297 g/mol. The molecule has 106 valence electrons. The van der Waals surface area contributed by atoms with Gasteiger partial charge in [-0.15, -0.1) is 0 Å². The lowest BCUT2D eigenvalue weighted by atomic mass is 10.2. The normalized spacial score (nSPS) is 10.7. The lowest BCUT2D eigenvalue weighted by Crippen LogP contribution is -2.01. The highest BCUT2D eigenvalue weighted by Gasteiger charge is 2.09. The molecular formula is C16H15N3OS. The van der Waals surface area contributed by atoms with Crippen molar-refractivity contribution in [1.29, 1.82) is 0 Å². The fourth-order valence-electron chi connectivity index (χ4n) is 1.95. The highest BCUT2D eigenvalue weighted by molar-refractivity contribution is 7.99. The Hall–Kier alpha value is -2.14. The summed E-state index contributed by atoms with van der Waals surface area (Å²) in [6.45, 7) is 2.55. The van der Waals surface area contributed by atoms with E-state index in [-0.39, 0.29) is 0 Å². The Kier molecular flexibility index (Phi) is 4.31. The standard InChI is InChI=1S/C16H15N3OS/c1-2-21-16-18-14-13(9-6-10-17-14)15(19-16)20-11-12-7-4-3-5-8-12/h3-10H,2,11H2,1H3. The molecule has 3 aromatic rings. The molecule has 0 saturated carbocycles. The monoisotopic (exact) mass is 297 g/mol. The number of ether oxygens (including phenoxy) is 1. The molecule has 2 heterocycles. The van der Waals surface area contributed by atoms with Crippen molar-refractivity contribution in [2.24, 2.45) is 0 Å². The van der Waals surface area contributed by atoms with Crippen LogP contribution in [0.4, 0.5) is 0 Å². The molecule has 3 rings (SSSR count). The van der Waals surface area contributed by atoms with Crippen molar-refractivity contribution in [1.82, 2.24) is 15.0 Å². The topological polar surface area (TPSA) is 47.9 Å². The van der Waals surface area contributed by atoms with E-state index in [1.54, 1.807) is 18.0 Å². The van der Waals surface area contributed by atoms with Gasteiger partial charge in [0.2, 0.25) is 5.88 Å². The van der Waals surface area contributed by atoms with Crippen LogP contribution in [0.25, 0.3) is 11.0 Å². The van der Waals surface area contributed by atoms with E-state index in [1.807, 2.05) is 42.5 Å². The lowest BCUT2D eigenvalue weighted by molar-refractivity contribution is 0.295. The molecule has 0 fully saturated rings. The first-order valence-electron chi connectivity index (χ1n) is 6.79. The Morgan fingerprint density at radius 2 is 1.90 bits per heavy atom. The smallest absolute Gasteiger partial charge is 0.227 e. The predicted octanol–water partition coefficient (Wildman–Crippen LogP) is 3.72. The van der Waals surface area contributed by atoms with E-state index in [1.165, 1.54) is 0 Å². The maximum Gasteiger partial charge on any atom is 0.227 e. The average Bonchev–Trinajstić information content (AvgIpc) is 2.54. The summed E-state index contributed by atoms with van der Waals surface area (Å²) in [5.41, 5.74) is 1.78. The van der Waals surface area contributed by atoms with Crippen LogP contribution in [0, 0.1) is 0 Å². The molecule has 0 aliphatic rings. The Balaban J connectivity index is 1.92. The van der Waals surface area contributed by atoms with E-state index < -0.39 is 0 Å². The molecule has 0 radical (unpaired) electrons. The van der Waals surface area contributed by atoms with E-state index in [0.29, 0.717) is 23.3 Å². The summed E-state index contributed by atoms with van der Waals surface area (Å²) < 4.78 is 5.89. The first kappa shape index (κ1) is 13.8. The molecule has 0 spiro atoms. The Labute approximate surface area is 127 Å². The van der Waals surface area contributed by atoms with Crippen molar-refractivity contribution < 1.29 is 4.74 Å². The molecule has 2 aromatic heterocycles. The SMILES string of the molecule is CCSc1nc(OCc2ccccc2)c2cccnc2n1. The van der Waals surface area contributed by atoms with Gasteiger partial charge in [0.25, 0.3) is 0 Å². The molecule has 0 saturated heterocycles. The Morgan fingerprint density at radius 3 is 2.71 bits per heavy atom. The zero-order valence-electron chi connectivity index (χ0n) is 11.7. The summed E-state index contributed by atoms with van der Waals surface area (Å²) in [4.78, 5) is 13.2. The van der Waals surface area contributed by atoms with Crippen molar-refractivity contribution in [2.45, 2.75) is 18.7 Å². The maximum absolute atomic E-state index is 5.89. The zero-order valence-corrected chi connectivity index (χ0v) is 12.5. The Bertz CT molecular complexity index is 734. The second kappa shape index (κ2) is 6.54. The molecule has 4 nitrogen and oxygen atoms in total. The highest BCUT2D eigenvalue weighted by Crippen LogP contribution is 2.25. The van der Waals surface area contributed by atoms with Crippen LogP contribution in [0.3, 0.4) is 0 Å². The summed E-state index contributed by atoms with van der Waals surface area (Å²) in [6, 6.07) is 13.8. The number of pyridine rings is 1. The first-order chi connectivity index (χ1) is 10.4. The van der Waals surface area contributed by atoms with Gasteiger partial charge in [0.05, 0.1) is 5.39 Å². The van der Waals surface area contributed by atoms with Crippen LogP contribution in [0.1, 0.15) is 12.5 Å². The molecule has 21 heavy (non-hydrogen) atoms. The largest absolute Gasteiger partial charge is 0.472 e. The molecule has 0 aliphatic heterocycles. The molecule has 0 aliphatic carbocycles. The lowest BCUT2D eigenvalue weighted by Gasteiger charge is -2.09. The van der Waals surface area contributed by atoms with Gasteiger partial charge in [-0.1, -0.05) is 49.0 Å². The van der Waals surface area contributed by atoms with Crippen LogP contribution in [-0.2, 0) is 6.61 Å². The number of rotatable bonds is 5. The van der Waals surface area contributed by atoms with E-state index in [4.69, 9.17) is 4.74 Å². The number of fused-ring (bicyclic) bond motifs is 1. The van der Waals surface area contributed by atoms with Crippen molar-refractivity contribution in [3.8, 4) is 5.88 Å². The van der Waals surface area contributed by atoms with Gasteiger partial charge in [-0.3, -0.25) is 0 Å². The van der Waals surface area contributed by atoms with Crippen LogP contribution in [0.15, 0.2) is 53.8 Å². The number of benzene rings is 1. The summed E-state index contributed by atoms with van der Waals surface area (Å²) in [6.07, 6.45) is 1.73. The second-order valence-electron chi connectivity index (χ2n) is 4.39. The van der Waals surface area contributed by atoms with Crippen molar-refractivity contribution >= 4 is 22.8 Å². The van der Waals surface area contributed by atoms with E-state index in [2.05, 4.69) is 21.9 Å². The molecule has 0 amide bonds. The fourth-order valence-corrected chi connectivity index (χ4v) is 2.50. The van der Waals surface area contributed by atoms with Crippen LogP contribution in [-0.4, -0.2) is 20.7 Å². The molecule has 1 aromatic carbocycles. The summed E-state index contributed by atoms with van der Waals surface area (Å²) >= 11 is 1.58. The summed E-state index contributed by atoms with van der Waals surface area (Å²) in [5, 5.41) is 1.54. The van der Waals surface area contributed by atoms with Crippen LogP contribution in [0.5, 0.6) is 5.88 Å². The van der Waals surface area contributed by atoms with Gasteiger partial charge < -0.3 is 4.74 Å². The third-order valence-electron chi connectivity index (χ3n) is 2.91. The molecular weight excluding hydrogens is 282 g/mol. The number of thioether (sulfide) groups is 1. The third-order valence-corrected chi connectivity index (χ3v) is 3.64. The van der Waals surface area contributed by atoms with Gasteiger partial charge in [0.1, 0.15) is 6.61 Å². The number of hydrogen-bond donors (Lipinski definition) is 0. The van der Waals surface area contributed by atoms with Gasteiger partial charge in [-0.2, -0.15) is 4.98 Å². The van der Waals surface area contributed by atoms with Crippen molar-refractivity contribution in [3.63, 3.8) is 0 Å². The molecule has 5 heteroatoms. The van der Waals surface area contributed by atoms with Crippen LogP contribution in [0.2, 0.25) is 0 Å². The van der Waals surface area contributed by atoms with Gasteiger partial charge >= 0.3 is 0 Å². The van der Waals surface area contributed by atoms with E-state index in [9.17, 15) is 0 Å². The van der Waals surface area contributed by atoms with Gasteiger partial charge in [0.15, 0.2) is 10.8 Å². The van der Waals surface area contributed by atoms with Crippen molar-refractivity contribution in [2.75, 3.05) is 5.75 Å². The minimum absolute atomic E-state index is 0.484. The minimum atomic E-state index is 0.484. The predicted molar refractivity (Wildman–Crippen MR) is 84.5 cm³/mol. The van der Waals surface area contributed by atoms with Crippen LogP contribution >= 0.6 is 11.8 Å². The van der Waals surface area contributed by atoms with E-state index >= 15 is 0 Å². The second-order valence-corrected chi connectivity index (χ2v) is 5.62. The Morgan fingerprint density at radius 1 is 1.05 bits per heavy atom. The summed E-state index contributed by atoms with van der Waals surface area (Å²) in [7, 11) is 0. The number of aromatic nitrogens is 3. The molecule has 0 atom stereocenters. The van der Waals surface area contributed by atoms with Gasteiger partial charge in [0, 0.05) is 6.20 Å². The molecule has 0 bridgehead atoms. The number of nitrogens with zero attached hydrogens (tertiary/aromatic N) is 3. The quantitative estimate of drug-likeness (QED) is 0.530. The third kappa shape index (κ3) is 3.31. The molecule has 0 N–H and O–H groups in total. The molecule has 0 unspecified atom stereocenters. The highest BCUT2D eigenvalue weighted by atomic mass is 32.2. The minimum Gasteiger partial charge on any atom is -0.472 e. The number of hydrogen-bond acceptors (Lipinski definition) is 5. The zero-order chi connectivity index (χ0) is 14.5. The fraction of sp³-hybridized carbons (Fsp3) is 0.188. The van der Waals surface area contributed by atoms with Gasteiger partial charge in [-0.25, -0.2) is 9.97 Å². The van der Waals surface area contributed by atoms with E-state index in [0.717, 1.165) is 16.7 Å². The maximum atomic E-state index is 5.89. The summed E-state index contributed by atoms with van der Waals surface area (Å²) in [5.74, 6) is 1.50. The van der Waals surface area contributed by atoms with Gasteiger partial charge in [-0.05, 0) is 23.4 Å². The van der Waals surface area contributed by atoms with Crippen LogP contribution < -0.4 is 4.74 Å². The van der Waals surface area contributed by atoms with Crippen molar-refractivity contribution in [3.05, 3.63) is 54.2 Å².